The first-order valence-electron chi connectivity index (χ1n) is 10.6. The van der Waals surface area contributed by atoms with Gasteiger partial charge >= 0.3 is 0 Å². The highest BCUT2D eigenvalue weighted by atomic mass is 32.2. The zero-order valence-corrected chi connectivity index (χ0v) is 21.0. The van der Waals surface area contributed by atoms with Crippen LogP contribution in [0.25, 0.3) is 11.2 Å². The van der Waals surface area contributed by atoms with Gasteiger partial charge in [-0.2, -0.15) is 4.98 Å². The SMILES string of the molecule is CC(C)C(=O)Nc1nc2c(ncn2[C@H]2C[C@H](O[Si](C)(C)C(C)(C)C)[C@@H](CO)S2)c(=O)[nH]1. The molecule has 3 atom stereocenters. The largest absolute Gasteiger partial charge is 0.413 e. The lowest BCUT2D eigenvalue weighted by atomic mass is 10.2. The second-order valence-corrected chi connectivity index (χ2v) is 16.0. The van der Waals surface area contributed by atoms with Crippen LogP contribution in [0.1, 0.15) is 46.4 Å². The molecule has 3 N–H and O–H groups in total. The van der Waals surface area contributed by atoms with E-state index in [1.807, 2.05) is 4.57 Å². The lowest BCUT2D eigenvalue weighted by molar-refractivity contribution is -0.118. The Kier molecular flexibility index (Phi) is 6.71. The number of anilines is 1. The van der Waals surface area contributed by atoms with Gasteiger partial charge < -0.3 is 14.1 Å². The average Bonchev–Trinajstić information content (AvgIpc) is 3.24. The molecular weight excluding hydrogens is 434 g/mol. The smallest absolute Gasteiger partial charge is 0.280 e. The number of rotatable bonds is 6. The van der Waals surface area contributed by atoms with E-state index in [9.17, 15) is 14.7 Å². The molecule has 3 heterocycles. The number of amides is 1. The second kappa shape index (κ2) is 8.68. The number of H-pyrrole nitrogens is 1. The van der Waals surface area contributed by atoms with Crippen molar-refractivity contribution >= 4 is 43.1 Å². The molecule has 172 valence electrons. The van der Waals surface area contributed by atoms with Gasteiger partial charge in [-0.25, -0.2) is 4.98 Å². The van der Waals surface area contributed by atoms with E-state index >= 15 is 0 Å². The summed E-state index contributed by atoms with van der Waals surface area (Å²) >= 11 is 1.60. The van der Waals surface area contributed by atoms with E-state index in [-0.39, 0.29) is 51.7 Å². The monoisotopic (exact) mass is 467 g/mol. The van der Waals surface area contributed by atoms with Crippen LogP contribution in [0.4, 0.5) is 5.95 Å². The molecule has 1 fully saturated rings. The number of aliphatic hydroxyl groups excluding tert-OH is 1. The quantitative estimate of drug-likeness (QED) is 0.558. The van der Waals surface area contributed by atoms with Gasteiger partial charge in [-0.3, -0.25) is 19.9 Å². The van der Waals surface area contributed by atoms with Crippen molar-refractivity contribution in [2.45, 2.75) is 75.9 Å². The number of hydrogen-bond donors (Lipinski definition) is 3. The molecule has 1 aliphatic rings. The number of aromatic nitrogens is 4. The van der Waals surface area contributed by atoms with Gasteiger partial charge in [0.05, 0.1) is 29.7 Å². The summed E-state index contributed by atoms with van der Waals surface area (Å²) in [7, 11) is -2.01. The maximum atomic E-state index is 12.5. The summed E-state index contributed by atoms with van der Waals surface area (Å²) < 4.78 is 8.46. The Bertz CT molecular complexity index is 1010. The molecule has 0 unspecified atom stereocenters. The number of carbonyl (C=O) groups is 1. The van der Waals surface area contributed by atoms with Crippen LogP contribution in [0.2, 0.25) is 18.1 Å². The molecule has 2 aromatic rings. The van der Waals surface area contributed by atoms with Crippen LogP contribution in [-0.2, 0) is 9.22 Å². The standard InChI is InChI=1S/C20H33N5O4SSi/c1-11(2)17(27)23-19-22-16-15(18(28)24-19)21-10-25(16)14-8-12(13(9-26)30-14)29-31(6,7)20(3,4)5/h10-14,26H,8-9H2,1-7H3,(H2,22,23,24,27,28)/t12-,13+,14+/m0/s1. The van der Waals surface area contributed by atoms with E-state index in [0.29, 0.717) is 12.1 Å². The van der Waals surface area contributed by atoms with Crippen molar-refractivity contribution in [2.75, 3.05) is 11.9 Å². The fourth-order valence-electron chi connectivity index (χ4n) is 3.17. The van der Waals surface area contributed by atoms with Gasteiger partial charge in [0.1, 0.15) is 0 Å². The highest BCUT2D eigenvalue weighted by molar-refractivity contribution is 8.00. The van der Waals surface area contributed by atoms with Gasteiger partial charge in [0.2, 0.25) is 11.9 Å². The summed E-state index contributed by atoms with van der Waals surface area (Å²) in [5, 5.41) is 12.5. The summed E-state index contributed by atoms with van der Waals surface area (Å²) in [5.74, 6) is -0.365. The van der Waals surface area contributed by atoms with Gasteiger partial charge in [-0.05, 0) is 18.1 Å². The Labute approximate surface area is 187 Å². The molecular formula is C20H33N5O4SSi. The molecule has 2 aromatic heterocycles. The molecule has 11 heteroatoms. The number of aliphatic hydroxyl groups is 1. The maximum Gasteiger partial charge on any atom is 0.280 e. The van der Waals surface area contributed by atoms with Crippen LogP contribution in [0.3, 0.4) is 0 Å². The summed E-state index contributed by atoms with van der Waals surface area (Å²) in [6.45, 7) is 14.5. The van der Waals surface area contributed by atoms with Crippen LogP contribution >= 0.6 is 11.8 Å². The molecule has 0 aliphatic carbocycles. The third-order valence-corrected chi connectivity index (χ3v) is 12.2. The molecule has 0 radical (unpaired) electrons. The van der Waals surface area contributed by atoms with Crippen molar-refractivity contribution in [3.63, 3.8) is 0 Å². The number of nitrogens with zero attached hydrogens (tertiary/aromatic N) is 3. The first-order chi connectivity index (χ1) is 14.3. The van der Waals surface area contributed by atoms with Gasteiger partial charge in [-0.15, -0.1) is 11.8 Å². The van der Waals surface area contributed by atoms with Crippen molar-refractivity contribution < 1.29 is 14.3 Å². The van der Waals surface area contributed by atoms with Crippen LogP contribution < -0.4 is 10.9 Å². The number of thioether (sulfide) groups is 1. The zero-order valence-electron chi connectivity index (χ0n) is 19.2. The molecule has 31 heavy (non-hydrogen) atoms. The molecule has 3 rings (SSSR count). The van der Waals surface area contributed by atoms with Gasteiger partial charge in [-0.1, -0.05) is 34.6 Å². The fourth-order valence-corrected chi connectivity index (χ4v) is 6.06. The molecule has 0 spiro atoms. The van der Waals surface area contributed by atoms with E-state index in [4.69, 9.17) is 4.43 Å². The van der Waals surface area contributed by atoms with E-state index in [1.165, 1.54) is 0 Å². The second-order valence-electron chi connectivity index (χ2n) is 9.85. The minimum absolute atomic E-state index is 0.0107. The molecule has 0 aromatic carbocycles. The molecule has 1 amide bonds. The van der Waals surface area contributed by atoms with Crippen LogP contribution in [0.15, 0.2) is 11.1 Å². The topological polar surface area (TPSA) is 122 Å². The van der Waals surface area contributed by atoms with Crippen LogP contribution in [-0.4, -0.2) is 56.8 Å². The highest BCUT2D eigenvalue weighted by Gasteiger charge is 2.45. The van der Waals surface area contributed by atoms with E-state index < -0.39 is 13.9 Å². The van der Waals surface area contributed by atoms with Crippen LogP contribution in [0, 0.1) is 5.92 Å². The normalized spacial score (nSPS) is 22.4. The summed E-state index contributed by atoms with van der Waals surface area (Å²) in [4.78, 5) is 35.8. The minimum Gasteiger partial charge on any atom is -0.413 e. The Morgan fingerprint density at radius 3 is 2.71 bits per heavy atom. The predicted octanol–water partition coefficient (Wildman–Crippen LogP) is 3.10. The van der Waals surface area contributed by atoms with Gasteiger partial charge in [0, 0.05) is 12.3 Å². The first kappa shape index (κ1) is 24.0. The number of imidazole rings is 1. The van der Waals surface area contributed by atoms with E-state index in [0.717, 1.165) is 0 Å². The van der Waals surface area contributed by atoms with Crippen molar-refractivity contribution in [1.82, 2.24) is 19.5 Å². The van der Waals surface area contributed by atoms with Crippen molar-refractivity contribution in [1.29, 1.82) is 0 Å². The summed E-state index contributed by atoms with van der Waals surface area (Å²) in [6.07, 6.45) is 2.18. The van der Waals surface area contributed by atoms with E-state index in [1.54, 1.807) is 31.9 Å². The minimum atomic E-state index is -2.01. The van der Waals surface area contributed by atoms with E-state index in [2.05, 4.69) is 54.1 Å². The third kappa shape index (κ3) is 4.89. The van der Waals surface area contributed by atoms with Crippen molar-refractivity contribution in [3.8, 4) is 0 Å². The fraction of sp³-hybridized carbons (Fsp3) is 0.700. The zero-order chi connectivity index (χ0) is 23.1. The number of hydrogen-bond acceptors (Lipinski definition) is 7. The number of aromatic amines is 1. The Hall–Kier alpha value is -1.69. The average molecular weight is 468 g/mol. The summed E-state index contributed by atoms with van der Waals surface area (Å²) in [5.41, 5.74) is 0.223. The van der Waals surface area contributed by atoms with Crippen molar-refractivity contribution in [2.24, 2.45) is 5.92 Å². The first-order valence-corrected chi connectivity index (χ1v) is 14.4. The molecule has 0 saturated carbocycles. The molecule has 1 saturated heterocycles. The third-order valence-electron chi connectivity index (χ3n) is 6.12. The Morgan fingerprint density at radius 2 is 2.13 bits per heavy atom. The Morgan fingerprint density at radius 1 is 1.45 bits per heavy atom. The molecule has 9 nitrogen and oxygen atoms in total. The molecule has 0 bridgehead atoms. The number of nitrogens with one attached hydrogen (secondary N) is 2. The van der Waals surface area contributed by atoms with Gasteiger partial charge in [0.15, 0.2) is 19.5 Å². The lowest BCUT2D eigenvalue weighted by Crippen LogP contribution is -2.46. The lowest BCUT2D eigenvalue weighted by Gasteiger charge is -2.39. The molecule has 1 aliphatic heterocycles. The number of fused-ring (bicyclic) bond motifs is 1. The predicted molar refractivity (Wildman–Crippen MR) is 126 cm³/mol. The number of carbonyl (C=O) groups excluding carboxylic acids is 1. The summed E-state index contributed by atoms with van der Waals surface area (Å²) in [6, 6.07) is 0. The maximum absolute atomic E-state index is 12.5. The highest BCUT2D eigenvalue weighted by Crippen LogP contribution is 2.47. The van der Waals surface area contributed by atoms with Gasteiger partial charge in [0.25, 0.3) is 5.56 Å². The van der Waals surface area contributed by atoms with Crippen LogP contribution in [0.5, 0.6) is 0 Å². The Balaban J connectivity index is 1.90. The van der Waals surface area contributed by atoms with Crippen molar-refractivity contribution in [3.05, 3.63) is 16.7 Å².